The average Bonchev–Trinajstić information content (AvgIpc) is 1.64. The molecule has 8 heavy (non-hydrogen) atoms. The van der Waals surface area contributed by atoms with Gasteiger partial charge in [0.15, 0.2) is 0 Å². The van der Waals surface area contributed by atoms with E-state index < -0.39 is 12.2 Å². The van der Waals surface area contributed by atoms with Gasteiger partial charge in [-0.2, -0.15) is 0 Å². The van der Waals surface area contributed by atoms with E-state index in [0.717, 1.165) is 0 Å². The molecule has 0 bridgehead atoms. The van der Waals surface area contributed by atoms with Crippen LogP contribution in [0.1, 0.15) is 13.8 Å². The summed E-state index contributed by atoms with van der Waals surface area (Å²) in [6.45, 7) is 6.67. The lowest BCUT2D eigenvalue weighted by atomic mass is 10.1. The van der Waals surface area contributed by atoms with Crippen LogP contribution in [0.4, 0.5) is 0 Å². The first kappa shape index (κ1) is 7.66. The Morgan fingerprint density at radius 3 is 1.88 bits per heavy atom. The molecular formula is C6H12O2. The van der Waals surface area contributed by atoms with Gasteiger partial charge < -0.3 is 10.2 Å². The third-order valence-corrected chi connectivity index (χ3v) is 0.962. The molecule has 0 aliphatic heterocycles. The maximum Gasteiger partial charge on any atom is 0.100 e. The molecule has 0 radical (unpaired) electrons. The van der Waals surface area contributed by atoms with Crippen LogP contribution in [0.5, 0.6) is 0 Å². The van der Waals surface area contributed by atoms with Crippen LogP contribution in [0.2, 0.25) is 0 Å². The standard InChI is InChI=1S/C6H12O2/c1-4(2)6(8)5(3)7/h5-8H,1H2,2-3H3/t5-,6-/m1/s1. The topological polar surface area (TPSA) is 40.5 Å². The second-order valence-corrected chi connectivity index (χ2v) is 2.03. The molecule has 0 aromatic heterocycles. The maximum atomic E-state index is 8.85. The quantitative estimate of drug-likeness (QED) is 0.509. The summed E-state index contributed by atoms with van der Waals surface area (Å²) in [5.41, 5.74) is 0.597. The Morgan fingerprint density at radius 2 is 1.88 bits per heavy atom. The zero-order valence-corrected chi connectivity index (χ0v) is 5.26. The van der Waals surface area contributed by atoms with Crippen molar-refractivity contribution in [3.05, 3.63) is 12.2 Å². The summed E-state index contributed by atoms with van der Waals surface area (Å²) < 4.78 is 0. The fraction of sp³-hybridized carbons (Fsp3) is 0.667. The predicted molar refractivity (Wildman–Crippen MR) is 32.5 cm³/mol. The summed E-state index contributed by atoms with van der Waals surface area (Å²) in [7, 11) is 0. The number of hydrogen-bond acceptors (Lipinski definition) is 2. The van der Waals surface area contributed by atoms with E-state index in [1.165, 1.54) is 6.92 Å². The van der Waals surface area contributed by atoms with E-state index in [2.05, 4.69) is 6.58 Å². The summed E-state index contributed by atoms with van der Waals surface area (Å²) >= 11 is 0. The van der Waals surface area contributed by atoms with Crippen LogP contribution in [0.15, 0.2) is 12.2 Å². The summed E-state index contributed by atoms with van der Waals surface area (Å²) in [6.07, 6.45) is -1.47. The first-order chi connectivity index (χ1) is 3.55. The van der Waals surface area contributed by atoms with Gasteiger partial charge >= 0.3 is 0 Å². The van der Waals surface area contributed by atoms with Crippen molar-refractivity contribution in [2.45, 2.75) is 26.1 Å². The van der Waals surface area contributed by atoms with Crippen molar-refractivity contribution in [1.82, 2.24) is 0 Å². The minimum Gasteiger partial charge on any atom is -0.390 e. The third kappa shape index (κ3) is 2.09. The first-order valence-corrected chi connectivity index (χ1v) is 2.57. The van der Waals surface area contributed by atoms with Gasteiger partial charge in [0.2, 0.25) is 0 Å². The Hall–Kier alpha value is -0.340. The van der Waals surface area contributed by atoms with Crippen molar-refractivity contribution in [3.63, 3.8) is 0 Å². The lowest BCUT2D eigenvalue weighted by Crippen LogP contribution is -2.22. The largest absolute Gasteiger partial charge is 0.390 e. The van der Waals surface area contributed by atoms with Gasteiger partial charge in [-0.05, 0) is 19.4 Å². The normalized spacial score (nSPS) is 17.5. The molecule has 0 aliphatic rings. The van der Waals surface area contributed by atoms with E-state index in [4.69, 9.17) is 10.2 Å². The molecule has 2 nitrogen and oxygen atoms in total. The molecule has 2 heteroatoms. The first-order valence-electron chi connectivity index (χ1n) is 2.57. The van der Waals surface area contributed by atoms with Crippen LogP contribution in [0.25, 0.3) is 0 Å². The van der Waals surface area contributed by atoms with Gasteiger partial charge in [0.25, 0.3) is 0 Å². The Balaban J connectivity index is 3.64. The molecule has 0 heterocycles. The molecule has 0 saturated heterocycles. The molecule has 0 aromatic carbocycles. The highest BCUT2D eigenvalue weighted by molar-refractivity contribution is 4.98. The second kappa shape index (κ2) is 2.84. The van der Waals surface area contributed by atoms with Crippen LogP contribution in [-0.2, 0) is 0 Å². The lowest BCUT2D eigenvalue weighted by Gasteiger charge is -2.11. The van der Waals surface area contributed by atoms with Crippen molar-refractivity contribution in [1.29, 1.82) is 0 Å². The smallest absolute Gasteiger partial charge is 0.100 e. The van der Waals surface area contributed by atoms with Crippen LogP contribution < -0.4 is 0 Å². The number of rotatable bonds is 2. The molecular weight excluding hydrogens is 104 g/mol. The SMILES string of the molecule is C=C(C)[C@@H](O)[C@@H](C)O. The van der Waals surface area contributed by atoms with E-state index in [-0.39, 0.29) is 0 Å². The zero-order valence-electron chi connectivity index (χ0n) is 5.26. The predicted octanol–water partition coefficient (Wildman–Crippen LogP) is 0.304. The molecule has 0 unspecified atom stereocenters. The number of aliphatic hydroxyl groups is 2. The van der Waals surface area contributed by atoms with Crippen LogP contribution in [-0.4, -0.2) is 22.4 Å². The summed E-state index contributed by atoms with van der Waals surface area (Å²) in [4.78, 5) is 0. The van der Waals surface area contributed by atoms with Crippen LogP contribution in [0.3, 0.4) is 0 Å². The number of hydrogen-bond donors (Lipinski definition) is 2. The van der Waals surface area contributed by atoms with Crippen molar-refractivity contribution in [2.24, 2.45) is 0 Å². The van der Waals surface area contributed by atoms with Gasteiger partial charge in [0.1, 0.15) is 6.10 Å². The van der Waals surface area contributed by atoms with E-state index >= 15 is 0 Å². The van der Waals surface area contributed by atoms with E-state index in [0.29, 0.717) is 5.57 Å². The molecule has 2 N–H and O–H groups in total. The summed E-state index contributed by atoms with van der Waals surface area (Å²) in [6, 6.07) is 0. The fourth-order valence-corrected chi connectivity index (χ4v) is 0.412. The highest BCUT2D eigenvalue weighted by Crippen LogP contribution is 2.01. The van der Waals surface area contributed by atoms with Gasteiger partial charge in [-0.1, -0.05) is 6.58 Å². The molecule has 0 aliphatic carbocycles. The minimum absolute atomic E-state index is 0.597. The molecule has 2 atom stereocenters. The summed E-state index contributed by atoms with van der Waals surface area (Å²) in [5.74, 6) is 0. The van der Waals surface area contributed by atoms with E-state index in [1.807, 2.05) is 0 Å². The fourth-order valence-electron chi connectivity index (χ4n) is 0.412. The minimum atomic E-state index is -0.769. The van der Waals surface area contributed by atoms with Gasteiger partial charge in [-0.3, -0.25) is 0 Å². The van der Waals surface area contributed by atoms with Crippen molar-refractivity contribution in [2.75, 3.05) is 0 Å². The van der Waals surface area contributed by atoms with Crippen LogP contribution >= 0.6 is 0 Å². The third-order valence-electron chi connectivity index (χ3n) is 0.962. The average molecular weight is 116 g/mol. The molecule has 0 spiro atoms. The molecule has 0 amide bonds. The highest BCUT2D eigenvalue weighted by Gasteiger charge is 2.09. The Morgan fingerprint density at radius 1 is 1.50 bits per heavy atom. The highest BCUT2D eigenvalue weighted by atomic mass is 16.3. The van der Waals surface area contributed by atoms with Crippen molar-refractivity contribution in [3.8, 4) is 0 Å². The zero-order chi connectivity index (χ0) is 6.73. The Bertz CT molecular complexity index is 86.5. The lowest BCUT2D eigenvalue weighted by molar-refractivity contribution is 0.0550. The molecule has 48 valence electrons. The second-order valence-electron chi connectivity index (χ2n) is 2.03. The monoisotopic (exact) mass is 116 g/mol. The van der Waals surface area contributed by atoms with Gasteiger partial charge in [-0.15, -0.1) is 0 Å². The van der Waals surface area contributed by atoms with Gasteiger partial charge in [-0.25, -0.2) is 0 Å². The van der Waals surface area contributed by atoms with E-state index in [1.54, 1.807) is 6.92 Å². The Labute approximate surface area is 49.5 Å². The van der Waals surface area contributed by atoms with Gasteiger partial charge in [0.05, 0.1) is 6.10 Å². The van der Waals surface area contributed by atoms with Gasteiger partial charge in [0, 0.05) is 0 Å². The number of aliphatic hydroxyl groups excluding tert-OH is 2. The summed E-state index contributed by atoms with van der Waals surface area (Å²) in [5, 5.41) is 17.5. The van der Waals surface area contributed by atoms with E-state index in [9.17, 15) is 0 Å². The van der Waals surface area contributed by atoms with Crippen LogP contribution in [0, 0.1) is 0 Å². The molecule has 0 aromatic rings. The molecule has 0 saturated carbocycles. The molecule has 0 rings (SSSR count). The Kier molecular flexibility index (Phi) is 2.72. The van der Waals surface area contributed by atoms with Crippen molar-refractivity contribution < 1.29 is 10.2 Å². The molecule has 0 fully saturated rings. The maximum absolute atomic E-state index is 8.85. The van der Waals surface area contributed by atoms with Crippen molar-refractivity contribution >= 4 is 0 Å².